The van der Waals surface area contributed by atoms with Crippen LogP contribution in [0, 0.1) is 13.8 Å². The minimum Gasteiger partial charge on any atom is -0.444 e. The first-order valence-corrected chi connectivity index (χ1v) is 6.50. The summed E-state index contributed by atoms with van der Waals surface area (Å²) in [5.74, 6) is 3.43. The molecule has 0 saturated carbocycles. The van der Waals surface area contributed by atoms with Gasteiger partial charge in [-0.1, -0.05) is 13.8 Å². The van der Waals surface area contributed by atoms with Crippen molar-refractivity contribution in [2.45, 2.75) is 46.6 Å². The summed E-state index contributed by atoms with van der Waals surface area (Å²) in [6, 6.07) is 1.90. The van der Waals surface area contributed by atoms with Crippen molar-refractivity contribution in [3.8, 4) is 0 Å². The van der Waals surface area contributed by atoms with E-state index in [0.717, 1.165) is 23.1 Å². The van der Waals surface area contributed by atoms with Gasteiger partial charge < -0.3 is 9.73 Å². The van der Waals surface area contributed by atoms with Crippen LogP contribution in [0.1, 0.15) is 55.9 Å². The summed E-state index contributed by atoms with van der Waals surface area (Å²) in [5.41, 5.74) is 0.956. The Morgan fingerprint density at radius 2 is 1.89 bits per heavy atom. The van der Waals surface area contributed by atoms with Gasteiger partial charge in [-0.05, 0) is 20.8 Å². The largest absolute Gasteiger partial charge is 0.444 e. The molecule has 2 aromatic rings. The highest BCUT2D eigenvalue weighted by molar-refractivity contribution is 5.37. The average molecular weight is 260 g/mol. The van der Waals surface area contributed by atoms with Gasteiger partial charge in [0.2, 0.25) is 5.89 Å². The van der Waals surface area contributed by atoms with Crippen LogP contribution in [0.2, 0.25) is 0 Å². The summed E-state index contributed by atoms with van der Waals surface area (Å²) >= 11 is 0. The first kappa shape index (κ1) is 13.5. The Labute approximate surface area is 113 Å². The van der Waals surface area contributed by atoms with Crippen molar-refractivity contribution in [2.75, 3.05) is 5.32 Å². The first-order chi connectivity index (χ1) is 8.95. The molecule has 0 fully saturated rings. The van der Waals surface area contributed by atoms with Crippen LogP contribution in [0.3, 0.4) is 0 Å². The van der Waals surface area contributed by atoms with E-state index in [1.165, 1.54) is 0 Å². The molecular weight excluding hydrogens is 240 g/mol. The molecule has 2 aromatic heterocycles. The molecule has 1 N–H and O–H groups in total. The quantitative estimate of drug-likeness (QED) is 0.913. The number of nitrogens with zero attached hydrogens (tertiary/aromatic N) is 3. The number of hydrogen-bond acceptors (Lipinski definition) is 5. The SMILES string of the molecule is Cc1cc(NC(C)c2ncc(C)o2)nc(C(C)C)n1. The topological polar surface area (TPSA) is 63.8 Å². The number of aromatic nitrogens is 3. The third kappa shape index (κ3) is 3.30. The average Bonchev–Trinajstić information content (AvgIpc) is 2.75. The second-order valence-electron chi connectivity index (χ2n) is 5.08. The van der Waals surface area contributed by atoms with Crippen LogP contribution in [-0.4, -0.2) is 15.0 Å². The standard InChI is InChI=1S/C14H20N4O/c1-8(2)13-16-9(3)6-12(18-13)17-11(5)14-15-7-10(4)19-14/h6-8,11H,1-5H3,(H,16,17,18). The van der Waals surface area contributed by atoms with E-state index >= 15 is 0 Å². The zero-order valence-corrected chi connectivity index (χ0v) is 12.1. The van der Waals surface area contributed by atoms with Crippen molar-refractivity contribution in [3.63, 3.8) is 0 Å². The molecule has 102 valence electrons. The van der Waals surface area contributed by atoms with Gasteiger partial charge in [0.25, 0.3) is 0 Å². The van der Waals surface area contributed by atoms with Gasteiger partial charge in [0.1, 0.15) is 23.4 Å². The molecule has 0 saturated heterocycles. The van der Waals surface area contributed by atoms with Crippen molar-refractivity contribution in [1.29, 1.82) is 0 Å². The fourth-order valence-corrected chi connectivity index (χ4v) is 1.78. The third-order valence-corrected chi connectivity index (χ3v) is 2.76. The molecule has 0 aliphatic rings. The van der Waals surface area contributed by atoms with E-state index in [-0.39, 0.29) is 6.04 Å². The number of anilines is 1. The molecule has 0 bridgehead atoms. The molecule has 2 rings (SSSR count). The zero-order chi connectivity index (χ0) is 14.0. The van der Waals surface area contributed by atoms with Gasteiger partial charge in [-0.3, -0.25) is 0 Å². The van der Waals surface area contributed by atoms with Gasteiger partial charge >= 0.3 is 0 Å². The second-order valence-corrected chi connectivity index (χ2v) is 5.08. The molecule has 0 aliphatic carbocycles. The lowest BCUT2D eigenvalue weighted by Crippen LogP contribution is -2.10. The predicted octanol–water partition coefficient (Wildman–Crippen LogP) is 3.38. The lowest BCUT2D eigenvalue weighted by atomic mass is 10.2. The van der Waals surface area contributed by atoms with Gasteiger partial charge in [-0.2, -0.15) is 0 Å². The molecule has 1 unspecified atom stereocenters. The third-order valence-electron chi connectivity index (χ3n) is 2.76. The summed E-state index contributed by atoms with van der Waals surface area (Å²) in [6.45, 7) is 10.0. The van der Waals surface area contributed by atoms with Gasteiger partial charge in [0, 0.05) is 17.7 Å². The summed E-state index contributed by atoms with van der Waals surface area (Å²) < 4.78 is 5.51. The van der Waals surface area contributed by atoms with E-state index < -0.39 is 0 Å². The molecule has 1 atom stereocenters. The number of nitrogens with one attached hydrogen (secondary N) is 1. The Morgan fingerprint density at radius 3 is 2.47 bits per heavy atom. The van der Waals surface area contributed by atoms with Crippen molar-refractivity contribution in [1.82, 2.24) is 15.0 Å². The highest BCUT2D eigenvalue weighted by Gasteiger charge is 2.13. The maximum absolute atomic E-state index is 5.51. The summed E-state index contributed by atoms with van der Waals surface area (Å²) in [4.78, 5) is 13.2. The highest BCUT2D eigenvalue weighted by atomic mass is 16.4. The van der Waals surface area contributed by atoms with Crippen molar-refractivity contribution < 1.29 is 4.42 Å². The normalized spacial score (nSPS) is 12.7. The fraction of sp³-hybridized carbons (Fsp3) is 0.500. The Morgan fingerprint density at radius 1 is 1.16 bits per heavy atom. The molecule has 5 nitrogen and oxygen atoms in total. The monoisotopic (exact) mass is 260 g/mol. The molecule has 0 radical (unpaired) electrons. The van der Waals surface area contributed by atoms with Crippen LogP contribution in [0.15, 0.2) is 16.7 Å². The van der Waals surface area contributed by atoms with E-state index in [2.05, 4.69) is 34.1 Å². The van der Waals surface area contributed by atoms with E-state index in [1.54, 1.807) is 6.20 Å². The maximum atomic E-state index is 5.51. The molecule has 2 heterocycles. The molecule has 5 heteroatoms. The smallest absolute Gasteiger partial charge is 0.216 e. The van der Waals surface area contributed by atoms with Crippen LogP contribution < -0.4 is 5.32 Å². The fourth-order valence-electron chi connectivity index (χ4n) is 1.78. The minimum atomic E-state index is -0.0250. The minimum absolute atomic E-state index is 0.0250. The molecule has 0 aliphatic heterocycles. The van der Waals surface area contributed by atoms with E-state index in [4.69, 9.17) is 4.42 Å². The summed E-state index contributed by atoms with van der Waals surface area (Å²) in [5, 5.41) is 3.30. The number of aryl methyl sites for hydroxylation is 2. The summed E-state index contributed by atoms with van der Waals surface area (Å²) in [7, 11) is 0. The second kappa shape index (κ2) is 5.38. The number of oxazole rings is 1. The Hall–Kier alpha value is -1.91. The Balaban J connectivity index is 2.18. The van der Waals surface area contributed by atoms with Gasteiger partial charge in [0.15, 0.2) is 0 Å². The lowest BCUT2D eigenvalue weighted by Gasteiger charge is -2.13. The van der Waals surface area contributed by atoms with Crippen LogP contribution in [-0.2, 0) is 0 Å². The molecule has 19 heavy (non-hydrogen) atoms. The zero-order valence-electron chi connectivity index (χ0n) is 12.1. The highest BCUT2D eigenvalue weighted by Crippen LogP contribution is 2.19. The van der Waals surface area contributed by atoms with Gasteiger partial charge in [0.05, 0.1) is 6.20 Å². The van der Waals surface area contributed by atoms with E-state index in [1.807, 2.05) is 26.8 Å². The number of rotatable bonds is 4. The Bertz CT molecular complexity index is 562. The molecule has 0 aromatic carbocycles. The Kier molecular flexibility index (Phi) is 3.83. The van der Waals surface area contributed by atoms with Gasteiger partial charge in [-0.25, -0.2) is 15.0 Å². The lowest BCUT2D eigenvalue weighted by molar-refractivity contribution is 0.453. The van der Waals surface area contributed by atoms with Crippen LogP contribution >= 0.6 is 0 Å². The maximum Gasteiger partial charge on any atom is 0.216 e. The molecule has 0 amide bonds. The van der Waals surface area contributed by atoms with Crippen LogP contribution in [0.25, 0.3) is 0 Å². The van der Waals surface area contributed by atoms with Crippen LogP contribution in [0.4, 0.5) is 5.82 Å². The van der Waals surface area contributed by atoms with Crippen LogP contribution in [0.5, 0.6) is 0 Å². The molecule has 0 spiro atoms. The van der Waals surface area contributed by atoms with Crippen molar-refractivity contribution in [3.05, 3.63) is 35.4 Å². The molecular formula is C14H20N4O. The van der Waals surface area contributed by atoms with Crippen molar-refractivity contribution >= 4 is 5.82 Å². The van der Waals surface area contributed by atoms with Crippen molar-refractivity contribution in [2.24, 2.45) is 0 Å². The summed E-state index contributed by atoms with van der Waals surface area (Å²) in [6.07, 6.45) is 1.72. The van der Waals surface area contributed by atoms with E-state index in [9.17, 15) is 0 Å². The first-order valence-electron chi connectivity index (χ1n) is 6.50. The van der Waals surface area contributed by atoms with Gasteiger partial charge in [-0.15, -0.1) is 0 Å². The predicted molar refractivity (Wildman–Crippen MR) is 74.1 cm³/mol. The van der Waals surface area contributed by atoms with E-state index in [0.29, 0.717) is 11.8 Å². The number of hydrogen-bond donors (Lipinski definition) is 1.